The summed E-state index contributed by atoms with van der Waals surface area (Å²) in [6.45, 7) is 2.51. The summed E-state index contributed by atoms with van der Waals surface area (Å²) in [4.78, 5) is 12.3. The quantitative estimate of drug-likeness (QED) is 0.419. The number of benzene rings is 2. The number of hydrogen-bond acceptors (Lipinski definition) is 6. The zero-order valence-electron chi connectivity index (χ0n) is 16.6. The average molecular weight is 482 g/mol. The van der Waals surface area contributed by atoms with E-state index >= 15 is 0 Å². The van der Waals surface area contributed by atoms with E-state index in [1.54, 1.807) is 18.2 Å². The number of amides is 1. The Balaban J connectivity index is 1.78. The second kappa shape index (κ2) is 10.6. The third-order valence-corrected chi connectivity index (χ3v) is 5.56. The molecule has 0 aliphatic carbocycles. The van der Waals surface area contributed by atoms with E-state index in [9.17, 15) is 9.18 Å². The fraction of sp³-hybridized carbons (Fsp3) is 0.190. The largest absolute Gasteiger partial charge is 0.493 e. The molecule has 1 N–H and O–H groups in total. The van der Waals surface area contributed by atoms with Crippen LogP contribution in [0.15, 0.2) is 36.4 Å². The van der Waals surface area contributed by atoms with Crippen LogP contribution in [0.2, 0.25) is 5.02 Å². The number of rotatable bonds is 8. The summed E-state index contributed by atoms with van der Waals surface area (Å²) in [5.41, 5.74) is 1.11. The standard InChI is InChI=1S/C21H18Cl2FN3O3S/c1-3-8-30-18-15(22)9-12(11-17(18)29-2)10-16(23)20-26-27-21(31-20)19(28)25-14-6-4-13(24)5-7-14/h4-7,9-11H,3,8H2,1-2H3,(H,25,28)/b16-10-. The molecule has 0 unspecified atom stereocenters. The summed E-state index contributed by atoms with van der Waals surface area (Å²) in [5.74, 6) is 0.0834. The number of nitrogens with zero attached hydrogens (tertiary/aromatic N) is 2. The fourth-order valence-corrected chi connectivity index (χ4v) is 3.70. The minimum absolute atomic E-state index is 0.116. The van der Waals surface area contributed by atoms with Gasteiger partial charge in [-0.05, 0) is 54.5 Å². The van der Waals surface area contributed by atoms with E-state index in [-0.39, 0.29) is 10.0 Å². The van der Waals surface area contributed by atoms with Crippen molar-refractivity contribution in [3.05, 3.63) is 62.8 Å². The number of aromatic nitrogens is 2. The van der Waals surface area contributed by atoms with E-state index in [4.69, 9.17) is 32.7 Å². The molecule has 1 heterocycles. The van der Waals surface area contributed by atoms with Crippen molar-refractivity contribution in [1.29, 1.82) is 0 Å². The van der Waals surface area contributed by atoms with Crippen LogP contribution in [0.3, 0.4) is 0 Å². The van der Waals surface area contributed by atoms with E-state index in [2.05, 4.69) is 15.5 Å². The van der Waals surface area contributed by atoms with Crippen LogP contribution in [0.4, 0.5) is 10.1 Å². The smallest absolute Gasteiger partial charge is 0.286 e. The molecule has 0 saturated heterocycles. The van der Waals surface area contributed by atoms with Gasteiger partial charge < -0.3 is 14.8 Å². The van der Waals surface area contributed by atoms with Gasteiger partial charge in [-0.25, -0.2) is 4.39 Å². The first-order valence-electron chi connectivity index (χ1n) is 9.19. The maximum absolute atomic E-state index is 13.0. The van der Waals surface area contributed by atoms with Crippen molar-refractivity contribution >= 4 is 57.2 Å². The molecule has 6 nitrogen and oxygen atoms in total. The number of hydrogen-bond donors (Lipinski definition) is 1. The monoisotopic (exact) mass is 481 g/mol. The third kappa shape index (κ3) is 5.94. The van der Waals surface area contributed by atoms with E-state index in [1.165, 1.54) is 31.4 Å². The highest BCUT2D eigenvalue weighted by Gasteiger charge is 2.16. The van der Waals surface area contributed by atoms with Gasteiger partial charge in [0.1, 0.15) is 5.82 Å². The minimum Gasteiger partial charge on any atom is -0.493 e. The Bertz CT molecular complexity index is 1100. The lowest BCUT2D eigenvalue weighted by Crippen LogP contribution is -2.11. The van der Waals surface area contributed by atoms with Crippen molar-refractivity contribution < 1.29 is 18.7 Å². The maximum Gasteiger partial charge on any atom is 0.286 e. The molecule has 0 saturated carbocycles. The summed E-state index contributed by atoms with van der Waals surface area (Å²) in [7, 11) is 1.52. The first kappa shape index (κ1) is 23.0. The van der Waals surface area contributed by atoms with E-state index in [0.29, 0.717) is 39.4 Å². The molecular formula is C21H18Cl2FN3O3S. The number of nitrogens with one attached hydrogen (secondary N) is 1. The van der Waals surface area contributed by atoms with Crippen LogP contribution in [0.1, 0.15) is 33.7 Å². The number of halogens is 3. The maximum atomic E-state index is 13.0. The molecule has 0 bridgehead atoms. The average Bonchev–Trinajstić information content (AvgIpc) is 3.25. The molecule has 0 spiro atoms. The van der Waals surface area contributed by atoms with E-state index in [1.807, 2.05) is 6.92 Å². The van der Waals surface area contributed by atoms with Crippen molar-refractivity contribution in [3.63, 3.8) is 0 Å². The van der Waals surface area contributed by atoms with Crippen molar-refractivity contribution in [2.75, 3.05) is 19.0 Å². The van der Waals surface area contributed by atoms with E-state index < -0.39 is 11.7 Å². The molecule has 0 atom stereocenters. The van der Waals surface area contributed by atoms with Gasteiger partial charge in [-0.3, -0.25) is 4.79 Å². The second-order valence-corrected chi connectivity index (χ2v) is 8.04. The van der Waals surface area contributed by atoms with Gasteiger partial charge in [-0.2, -0.15) is 0 Å². The van der Waals surface area contributed by atoms with Gasteiger partial charge in [0.05, 0.1) is 23.8 Å². The zero-order chi connectivity index (χ0) is 22.4. The van der Waals surface area contributed by atoms with Gasteiger partial charge in [-0.1, -0.05) is 41.5 Å². The van der Waals surface area contributed by atoms with Crippen LogP contribution in [0, 0.1) is 5.82 Å². The minimum atomic E-state index is -0.470. The lowest BCUT2D eigenvalue weighted by Gasteiger charge is -2.12. The molecular weight excluding hydrogens is 464 g/mol. The fourth-order valence-electron chi connectivity index (χ4n) is 2.50. The topological polar surface area (TPSA) is 73.3 Å². The Kier molecular flexibility index (Phi) is 7.84. The molecule has 1 amide bonds. The second-order valence-electron chi connectivity index (χ2n) is 6.25. The van der Waals surface area contributed by atoms with Gasteiger partial charge in [0.2, 0.25) is 5.01 Å². The number of methoxy groups -OCH3 is 1. The highest BCUT2D eigenvalue weighted by Crippen LogP contribution is 2.38. The normalized spacial score (nSPS) is 11.3. The molecule has 10 heteroatoms. The lowest BCUT2D eigenvalue weighted by molar-refractivity contribution is 0.102. The molecule has 3 aromatic rings. The molecule has 0 fully saturated rings. The van der Waals surface area contributed by atoms with Crippen LogP contribution in [-0.4, -0.2) is 29.8 Å². The first-order chi connectivity index (χ1) is 14.9. The highest BCUT2D eigenvalue weighted by atomic mass is 35.5. The molecule has 2 aromatic carbocycles. The van der Waals surface area contributed by atoms with Gasteiger partial charge in [-0.15, -0.1) is 10.2 Å². The van der Waals surface area contributed by atoms with Gasteiger partial charge in [0.15, 0.2) is 16.5 Å². The Morgan fingerprint density at radius 2 is 1.94 bits per heavy atom. The summed E-state index contributed by atoms with van der Waals surface area (Å²) >= 11 is 13.7. The van der Waals surface area contributed by atoms with Crippen molar-refractivity contribution in [2.24, 2.45) is 0 Å². The molecule has 31 heavy (non-hydrogen) atoms. The predicted molar refractivity (Wildman–Crippen MR) is 122 cm³/mol. The van der Waals surface area contributed by atoms with Crippen LogP contribution in [0.25, 0.3) is 11.1 Å². The molecule has 0 aliphatic heterocycles. The Hall–Kier alpha value is -2.68. The van der Waals surface area contributed by atoms with Crippen molar-refractivity contribution in [2.45, 2.75) is 13.3 Å². The van der Waals surface area contributed by atoms with Crippen LogP contribution in [-0.2, 0) is 0 Å². The number of carbonyl (C=O) groups is 1. The summed E-state index contributed by atoms with van der Waals surface area (Å²) in [5, 5.41) is 11.6. The highest BCUT2D eigenvalue weighted by molar-refractivity contribution is 7.15. The zero-order valence-corrected chi connectivity index (χ0v) is 18.9. The lowest BCUT2D eigenvalue weighted by atomic mass is 10.2. The Morgan fingerprint density at radius 3 is 2.61 bits per heavy atom. The van der Waals surface area contributed by atoms with Crippen molar-refractivity contribution in [3.8, 4) is 11.5 Å². The number of anilines is 1. The van der Waals surface area contributed by atoms with Gasteiger partial charge in [0, 0.05) is 5.69 Å². The predicted octanol–water partition coefficient (Wildman–Crippen LogP) is 6.12. The number of ether oxygens (including phenoxy) is 2. The van der Waals surface area contributed by atoms with Crippen LogP contribution >= 0.6 is 34.5 Å². The third-order valence-electron chi connectivity index (χ3n) is 3.92. The summed E-state index contributed by atoms with van der Waals surface area (Å²) < 4.78 is 24.0. The van der Waals surface area contributed by atoms with E-state index in [0.717, 1.165) is 17.8 Å². The number of carbonyl (C=O) groups excluding carboxylic acids is 1. The van der Waals surface area contributed by atoms with Crippen LogP contribution in [0.5, 0.6) is 11.5 Å². The van der Waals surface area contributed by atoms with Gasteiger partial charge >= 0.3 is 0 Å². The first-order valence-corrected chi connectivity index (χ1v) is 10.8. The summed E-state index contributed by atoms with van der Waals surface area (Å²) in [6.07, 6.45) is 2.48. The Labute approximate surface area is 192 Å². The molecule has 1 aromatic heterocycles. The molecule has 0 radical (unpaired) electrons. The van der Waals surface area contributed by atoms with Gasteiger partial charge in [0.25, 0.3) is 5.91 Å². The van der Waals surface area contributed by atoms with Crippen LogP contribution < -0.4 is 14.8 Å². The SMILES string of the molecule is CCCOc1c(Cl)cc(/C=C(\Cl)c2nnc(C(=O)Nc3ccc(F)cc3)s2)cc1OC. The Morgan fingerprint density at radius 1 is 1.23 bits per heavy atom. The summed E-state index contributed by atoms with van der Waals surface area (Å²) in [6, 6.07) is 8.83. The molecule has 0 aliphatic rings. The molecule has 3 rings (SSSR count). The molecule has 162 valence electrons. The van der Waals surface area contributed by atoms with Crippen molar-refractivity contribution in [1.82, 2.24) is 10.2 Å².